The van der Waals surface area contributed by atoms with E-state index >= 15 is 0 Å². The molecule has 6 aromatic rings. The Morgan fingerprint density at radius 2 is 1.79 bits per heavy atom. The van der Waals surface area contributed by atoms with E-state index in [1.165, 1.54) is 4.57 Å². The minimum Gasteiger partial charge on any atom is -0.495 e. The number of aromatic amines is 1. The topological polar surface area (TPSA) is 182 Å². The number of rotatable bonds is 24. The lowest BCUT2D eigenvalue weighted by atomic mass is 10.0. The molecule has 16 nitrogen and oxygen atoms in total. The van der Waals surface area contributed by atoms with Crippen molar-refractivity contribution >= 4 is 39.9 Å². The number of hydrogen-bond donors (Lipinski definition) is 5. The van der Waals surface area contributed by atoms with E-state index < -0.39 is 12.7 Å². The number of amides is 1. The monoisotopic (exact) mass is 999 g/mol. The summed E-state index contributed by atoms with van der Waals surface area (Å²) in [7, 11) is 1.59. The van der Waals surface area contributed by atoms with Gasteiger partial charge < -0.3 is 59.2 Å². The third-order valence-electron chi connectivity index (χ3n) is 11.8. The standard InChI is InChI=1S/C51H60F3N9O7S/c1-34-49(35(2)70-61-34)38-27-44(50(65)59-30-38)58-31-40-7-5-9-48(60-40)69-32-47(64)56-17-21-67-23-24-68-22-20-62-18-14-39(15-19-62)57-29-36-10-13-45-37(25-36)26-41(63(45)33-51(52,53)54)8-6-16-55-43-12-11-42(71-4)28-46(43)66-3/h5,7,9-13,25-28,30,39,55,57-58H,14-24,29,31-33H2,1-4H3,(H,56,64)(H,59,65). The molecule has 0 atom stereocenters. The molecule has 7 rings (SSSR count). The smallest absolute Gasteiger partial charge is 0.406 e. The zero-order chi connectivity index (χ0) is 50.2. The lowest BCUT2D eigenvalue weighted by molar-refractivity contribution is -0.140. The lowest BCUT2D eigenvalue weighted by Gasteiger charge is -2.32. The zero-order valence-electron chi connectivity index (χ0n) is 40.3. The third-order valence-corrected chi connectivity index (χ3v) is 12.5. The van der Waals surface area contributed by atoms with E-state index in [2.05, 4.69) is 53.1 Å². The molecule has 71 heavy (non-hydrogen) atoms. The molecule has 4 aromatic heterocycles. The zero-order valence-corrected chi connectivity index (χ0v) is 41.1. The Bertz CT molecular complexity index is 2810. The number of hydrogen-bond acceptors (Lipinski definition) is 14. The number of carbonyl (C=O) groups excluding carboxylic acids is 1. The van der Waals surface area contributed by atoms with E-state index in [1.54, 1.807) is 61.5 Å². The SMILES string of the molecule is COc1cc(SC)ccc1NCC#Cc1cc2cc(CNC3CCN(CCOCCOCCNC(=O)COc4cccc(CNc5cc(-c6c(C)noc6C)c[nH]c5=O)n4)CC3)ccc2n1CC(F)(F)F. The van der Waals surface area contributed by atoms with E-state index in [9.17, 15) is 22.8 Å². The molecule has 0 aliphatic carbocycles. The molecule has 378 valence electrons. The minimum atomic E-state index is -4.40. The summed E-state index contributed by atoms with van der Waals surface area (Å²) in [6, 6.07) is 20.4. The third kappa shape index (κ3) is 15.5. The van der Waals surface area contributed by atoms with Gasteiger partial charge in [0.25, 0.3) is 11.5 Å². The fourth-order valence-electron chi connectivity index (χ4n) is 8.17. The average Bonchev–Trinajstić information content (AvgIpc) is 3.88. The summed E-state index contributed by atoms with van der Waals surface area (Å²) in [5.74, 6) is 7.24. The van der Waals surface area contributed by atoms with Crippen LogP contribution in [-0.4, -0.2) is 122 Å². The Kier molecular flexibility index (Phi) is 18.8. The van der Waals surface area contributed by atoms with E-state index in [0.717, 1.165) is 65.4 Å². The van der Waals surface area contributed by atoms with Gasteiger partial charge in [0.1, 0.15) is 23.7 Å². The second kappa shape index (κ2) is 25.6. The van der Waals surface area contributed by atoms with Gasteiger partial charge in [-0.2, -0.15) is 13.2 Å². The van der Waals surface area contributed by atoms with Crippen molar-refractivity contribution in [3.8, 4) is 34.6 Å². The number of nitrogens with one attached hydrogen (secondary N) is 5. The Morgan fingerprint density at radius 1 is 0.972 bits per heavy atom. The van der Waals surface area contributed by atoms with Gasteiger partial charge in [-0.25, -0.2) is 4.98 Å². The summed E-state index contributed by atoms with van der Waals surface area (Å²) < 4.78 is 70.1. The number of aromatic nitrogens is 4. The van der Waals surface area contributed by atoms with Gasteiger partial charge in [0.15, 0.2) is 6.61 Å². The van der Waals surface area contributed by atoms with Crippen LogP contribution in [0.15, 0.2) is 87.1 Å². The van der Waals surface area contributed by atoms with Crippen LogP contribution in [0.2, 0.25) is 0 Å². The molecular formula is C51H60F3N9O7S. The van der Waals surface area contributed by atoms with Gasteiger partial charge in [0.05, 0.1) is 69.4 Å². The maximum atomic E-state index is 13.7. The Hall–Kier alpha value is -6.50. The van der Waals surface area contributed by atoms with Gasteiger partial charge in [-0.05, 0) is 106 Å². The van der Waals surface area contributed by atoms with Crippen LogP contribution in [0.1, 0.15) is 41.2 Å². The first-order valence-electron chi connectivity index (χ1n) is 23.4. The van der Waals surface area contributed by atoms with E-state index in [0.29, 0.717) is 85.0 Å². The number of halogens is 3. The molecule has 1 aliphatic heterocycles. The Balaban J connectivity index is 0.736. The molecule has 0 bridgehead atoms. The summed E-state index contributed by atoms with van der Waals surface area (Å²) in [6.07, 6.45) is 1.14. The maximum Gasteiger partial charge on any atom is 0.406 e. The van der Waals surface area contributed by atoms with Gasteiger partial charge in [-0.1, -0.05) is 23.2 Å². The molecule has 0 saturated carbocycles. The van der Waals surface area contributed by atoms with Crippen molar-refractivity contribution in [2.24, 2.45) is 0 Å². The molecule has 1 saturated heterocycles. The fourth-order valence-corrected chi connectivity index (χ4v) is 8.60. The fraction of sp³-hybridized carbons (Fsp3) is 0.412. The van der Waals surface area contributed by atoms with Gasteiger partial charge in [-0.3, -0.25) is 9.59 Å². The van der Waals surface area contributed by atoms with Crippen LogP contribution in [-0.2, 0) is 33.9 Å². The first-order chi connectivity index (χ1) is 34.3. The summed E-state index contributed by atoms with van der Waals surface area (Å²) in [5, 5.41) is 17.4. The highest BCUT2D eigenvalue weighted by molar-refractivity contribution is 7.98. The normalized spacial score (nSPS) is 13.2. The quantitative estimate of drug-likeness (QED) is 0.0234. The highest BCUT2D eigenvalue weighted by atomic mass is 32.2. The van der Waals surface area contributed by atoms with Crippen LogP contribution in [0.25, 0.3) is 22.0 Å². The molecule has 5 N–H and O–H groups in total. The van der Waals surface area contributed by atoms with Crippen LogP contribution < -0.4 is 36.3 Å². The van der Waals surface area contributed by atoms with Gasteiger partial charge >= 0.3 is 6.18 Å². The second-order valence-electron chi connectivity index (χ2n) is 16.9. The van der Waals surface area contributed by atoms with Crippen molar-refractivity contribution in [3.63, 3.8) is 0 Å². The molecule has 5 heterocycles. The van der Waals surface area contributed by atoms with E-state index in [-0.39, 0.29) is 37.0 Å². The van der Waals surface area contributed by atoms with Gasteiger partial charge in [0, 0.05) is 64.9 Å². The number of piperidine rings is 1. The highest BCUT2D eigenvalue weighted by Crippen LogP contribution is 2.30. The largest absolute Gasteiger partial charge is 0.495 e. The Morgan fingerprint density at radius 3 is 2.55 bits per heavy atom. The number of alkyl halides is 3. The molecule has 1 fully saturated rings. The van der Waals surface area contributed by atoms with Crippen LogP contribution in [0, 0.1) is 25.7 Å². The number of anilines is 2. The molecule has 20 heteroatoms. The van der Waals surface area contributed by atoms with Crippen LogP contribution in [0.5, 0.6) is 11.6 Å². The average molecular weight is 1000 g/mol. The number of pyridine rings is 2. The summed E-state index contributed by atoms with van der Waals surface area (Å²) in [4.78, 5) is 35.5. The number of methoxy groups -OCH3 is 1. The summed E-state index contributed by atoms with van der Waals surface area (Å²) >= 11 is 1.60. The minimum absolute atomic E-state index is 0.217. The molecule has 0 radical (unpaired) electrons. The van der Waals surface area contributed by atoms with Crippen molar-refractivity contribution < 1.29 is 41.4 Å². The summed E-state index contributed by atoms with van der Waals surface area (Å²) in [5.41, 5.74) is 5.56. The molecule has 0 unspecified atom stereocenters. The first-order valence-corrected chi connectivity index (χ1v) is 24.6. The van der Waals surface area contributed by atoms with Crippen molar-refractivity contribution in [1.29, 1.82) is 0 Å². The van der Waals surface area contributed by atoms with Crippen LogP contribution >= 0.6 is 11.8 Å². The molecular weight excluding hydrogens is 940 g/mol. The number of thioether (sulfide) groups is 1. The number of likely N-dealkylation sites (tertiary alicyclic amines) is 1. The van der Waals surface area contributed by atoms with Gasteiger partial charge in [0.2, 0.25) is 5.88 Å². The van der Waals surface area contributed by atoms with E-state index in [1.807, 2.05) is 50.4 Å². The predicted molar refractivity (Wildman–Crippen MR) is 268 cm³/mol. The number of fused-ring (bicyclic) bond motifs is 1. The van der Waals surface area contributed by atoms with Crippen LogP contribution in [0.4, 0.5) is 24.5 Å². The highest BCUT2D eigenvalue weighted by Gasteiger charge is 2.30. The van der Waals surface area contributed by atoms with Crippen molar-refractivity contribution in [2.45, 2.75) is 63.4 Å². The van der Waals surface area contributed by atoms with Crippen molar-refractivity contribution in [2.75, 3.05) is 89.8 Å². The molecule has 2 aromatic carbocycles. The number of benzene rings is 2. The summed E-state index contributed by atoms with van der Waals surface area (Å²) in [6.45, 7) is 8.10. The predicted octanol–water partition coefficient (Wildman–Crippen LogP) is 7.15. The number of aryl methyl sites for hydroxylation is 2. The number of ether oxygens (including phenoxy) is 4. The number of carbonyl (C=O) groups is 1. The van der Waals surface area contributed by atoms with E-state index in [4.69, 9.17) is 23.5 Å². The first kappa shape index (κ1) is 52.3. The maximum absolute atomic E-state index is 13.7. The van der Waals surface area contributed by atoms with Crippen molar-refractivity contribution in [3.05, 3.63) is 112 Å². The number of nitrogens with zero attached hydrogens (tertiary/aromatic N) is 4. The van der Waals surface area contributed by atoms with Gasteiger partial charge in [-0.15, -0.1) is 11.8 Å². The van der Waals surface area contributed by atoms with Crippen LogP contribution in [0.3, 0.4) is 0 Å². The number of H-pyrrole nitrogens is 1. The second-order valence-corrected chi connectivity index (χ2v) is 17.7. The Labute approximate surface area is 414 Å². The lowest BCUT2D eigenvalue weighted by Crippen LogP contribution is -2.43. The molecule has 1 amide bonds. The molecule has 0 spiro atoms. The molecule has 1 aliphatic rings. The van der Waals surface area contributed by atoms with Crippen molar-refractivity contribution in [1.82, 2.24) is 35.2 Å².